The van der Waals surface area contributed by atoms with Gasteiger partial charge in [0.1, 0.15) is 5.82 Å². The molecule has 0 unspecified atom stereocenters. The Morgan fingerprint density at radius 1 is 1.05 bits per heavy atom. The van der Waals surface area contributed by atoms with Gasteiger partial charge in [0.2, 0.25) is 5.88 Å². The summed E-state index contributed by atoms with van der Waals surface area (Å²) in [7, 11) is 2.89. The summed E-state index contributed by atoms with van der Waals surface area (Å²) in [5.41, 5.74) is 0.489. The number of rotatable bonds is 5. The lowest BCUT2D eigenvalue weighted by molar-refractivity contribution is -0.119. The van der Waals surface area contributed by atoms with E-state index in [0.717, 1.165) is 0 Å². The van der Waals surface area contributed by atoms with E-state index in [1.165, 1.54) is 43.5 Å². The van der Waals surface area contributed by atoms with Gasteiger partial charge in [-0.25, -0.2) is 9.97 Å². The second-order valence-electron chi connectivity index (χ2n) is 9.68. The molecule has 1 atom stereocenters. The van der Waals surface area contributed by atoms with E-state index in [4.69, 9.17) is 37.7 Å². The van der Waals surface area contributed by atoms with E-state index in [0.29, 0.717) is 33.4 Å². The van der Waals surface area contributed by atoms with E-state index in [-0.39, 0.29) is 39.9 Å². The Bertz CT molecular complexity index is 1830. The van der Waals surface area contributed by atoms with Crippen LogP contribution in [0.5, 0.6) is 11.9 Å². The topological polar surface area (TPSA) is 135 Å². The molecular formula is C28H21Cl2N7O4. The number of hydrogen-bond donors (Lipinski definition) is 1. The SMILES string of the molecule is COc1ncc(-c2nc3c(n2C(C)C)[C@]2(C(=O)Nc4cc(Cl)ccc42)N(c2cc(Cl)cc(C#N)c2)C3=O)c(OC)n1. The first-order chi connectivity index (χ1) is 19.6. The van der Waals surface area contributed by atoms with Crippen LogP contribution in [-0.4, -0.2) is 45.6 Å². The monoisotopic (exact) mass is 589 g/mol. The Hall–Kier alpha value is -4.66. The molecule has 0 saturated carbocycles. The summed E-state index contributed by atoms with van der Waals surface area (Å²) < 4.78 is 12.5. The van der Waals surface area contributed by atoms with Crippen LogP contribution in [0.25, 0.3) is 11.4 Å². The maximum absolute atomic E-state index is 14.4. The van der Waals surface area contributed by atoms with E-state index in [1.54, 1.807) is 22.8 Å². The Kier molecular flexibility index (Phi) is 6.13. The fraction of sp³-hybridized carbons (Fsp3) is 0.214. The molecule has 0 bridgehead atoms. The van der Waals surface area contributed by atoms with Gasteiger partial charge in [-0.2, -0.15) is 10.2 Å². The second-order valence-corrected chi connectivity index (χ2v) is 10.6. The maximum Gasteiger partial charge on any atom is 0.319 e. The molecule has 4 aromatic rings. The van der Waals surface area contributed by atoms with Crippen LogP contribution in [0.4, 0.5) is 11.4 Å². The van der Waals surface area contributed by atoms with Gasteiger partial charge < -0.3 is 19.4 Å². The number of halogens is 2. The molecule has 0 fully saturated rings. The zero-order valence-electron chi connectivity index (χ0n) is 22.2. The predicted octanol–water partition coefficient (Wildman–Crippen LogP) is 4.97. The lowest BCUT2D eigenvalue weighted by atomic mass is 9.87. The highest BCUT2D eigenvalue weighted by Gasteiger charge is 2.64. The van der Waals surface area contributed by atoms with Gasteiger partial charge in [-0.1, -0.05) is 29.3 Å². The van der Waals surface area contributed by atoms with Crippen LogP contribution < -0.4 is 19.7 Å². The number of benzene rings is 2. The van der Waals surface area contributed by atoms with E-state index in [2.05, 4.69) is 21.4 Å². The van der Waals surface area contributed by atoms with Crippen molar-refractivity contribution in [3.63, 3.8) is 0 Å². The Morgan fingerprint density at radius 3 is 2.51 bits per heavy atom. The van der Waals surface area contributed by atoms with Crippen LogP contribution in [0.3, 0.4) is 0 Å². The summed E-state index contributed by atoms with van der Waals surface area (Å²) in [5, 5.41) is 13.2. The van der Waals surface area contributed by atoms with Crippen molar-refractivity contribution in [2.45, 2.75) is 25.4 Å². The average Bonchev–Trinajstić information content (AvgIpc) is 3.56. The molecule has 2 aliphatic heterocycles. The Morgan fingerprint density at radius 2 is 1.83 bits per heavy atom. The van der Waals surface area contributed by atoms with E-state index in [1.807, 2.05) is 13.8 Å². The molecule has 4 heterocycles. The quantitative estimate of drug-likeness (QED) is 0.344. The summed E-state index contributed by atoms with van der Waals surface area (Å²) in [6.45, 7) is 3.82. The minimum Gasteiger partial charge on any atom is -0.480 e. The van der Waals surface area contributed by atoms with E-state index < -0.39 is 17.4 Å². The van der Waals surface area contributed by atoms with Crippen LogP contribution >= 0.6 is 23.2 Å². The summed E-state index contributed by atoms with van der Waals surface area (Å²) in [4.78, 5) is 43.3. The number of carbonyl (C=O) groups is 2. The maximum atomic E-state index is 14.4. The third kappa shape index (κ3) is 3.68. The fourth-order valence-electron chi connectivity index (χ4n) is 5.55. The molecular weight excluding hydrogens is 569 g/mol. The van der Waals surface area contributed by atoms with E-state index >= 15 is 0 Å². The molecule has 206 valence electrons. The number of aromatic nitrogens is 4. The average molecular weight is 590 g/mol. The van der Waals surface area contributed by atoms with Crippen molar-refractivity contribution in [2.24, 2.45) is 0 Å². The molecule has 1 N–H and O–H groups in total. The number of fused-ring (bicyclic) bond motifs is 4. The van der Waals surface area contributed by atoms with Crippen LogP contribution in [-0.2, 0) is 10.3 Å². The van der Waals surface area contributed by atoms with Crippen molar-refractivity contribution < 1.29 is 19.1 Å². The zero-order chi connectivity index (χ0) is 29.2. The number of nitrogens with one attached hydrogen (secondary N) is 1. The molecule has 13 heteroatoms. The van der Waals surface area contributed by atoms with Crippen molar-refractivity contribution in [3.05, 3.63) is 75.2 Å². The van der Waals surface area contributed by atoms with Gasteiger partial charge in [-0.05, 0) is 44.2 Å². The van der Waals surface area contributed by atoms with Crippen LogP contribution in [0, 0.1) is 11.3 Å². The third-order valence-electron chi connectivity index (χ3n) is 7.08. The van der Waals surface area contributed by atoms with Gasteiger partial charge in [0.15, 0.2) is 11.2 Å². The molecule has 6 rings (SSSR count). The lowest BCUT2D eigenvalue weighted by Gasteiger charge is -2.35. The van der Waals surface area contributed by atoms with Crippen molar-refractivity contribution in [3.8, 4) is 29.3 Å². The zero-order valence-corrected chi connectivity index (χ0v) is 23.7. The fourth-order valence-corrected chi connectivity index (χ4v) is 5.95. The Balaban J connectivity index is 1.72. The minimum atomic E-state index is -1.71. The molecule has 2 amide bonds. The first-order valence-electron chi connectivity index (χ1n) is 12.4. The summed E-state index contributed by atoms with van der Waals surface area (Å²) in [5.74, 6) is -0.543. The number of ether oxygens (including phenoxy) is 2. The Labute approximate surface area is 244 Å². The number of amides is 2. The number of hydrogen-bond acceptors (Lipinski definition) is 8. The van der Waals surface area contributed by atoms with Crippen molar-refractivity contribution in [1.29, 1.82) is 5.26 Å². The summed E-state index contributed by atoms with van der Waals surface area (Å²) >= 11 is 12.7. The number of carbonyl (C=O) groups excluding carboxylic acids is 2. The smallest absolute Gasteiger partial charge is 0.319 e. The highest BCUT2D eigenvalue weighted by Crippen LogP contribution is 2.54. The standard InChI is InChI=1S/C28H21Cl2N7O4/c1-13(2)36-22-21(34-23(36)18-12-32-27(41-4)35-24(18)40-3)25(38)37(17-8-14(11-31)7-16(30)9-17)28(22)19-6-5-15(29)10-20(19)33-26(28)39/h5-10,12-13H,1-4H3,(H,33,39)/t28-/m1/s1. The number of nitrogens with zero attached hydrogens (tertiary/aromatic N) is 6. The molecule has 0 aliphatic carbocycles. The summed E-state index contributed by atoms with van der Waals surface area (Å²) in [6.07, 6.45) is 1.49. The molecule has 2 aliphatic rings. The largest absolute Gasteiger partial charge is 0.480 e. The molecule has 2 aromatic carbocycles. The van der Waals surface area contributed by atoms with Gasteiger partial charge >= 0.3 is 6.01 Å². The summed E-state index contributed by atoms with van der Waals surface area (Å²) in [6, 6.07) is 11.4. The van der Waals surface area contributed by atoms with Crippen molar-refractivity contribution >= 4 is 46.4 Å². The molecule has 0 saturated heterocycles. The van der Waals surface area contributed by atoms with Crippen molar-refractivity contribution in [2.75, 3.05) is 24.4 Å². The number of methoxy groups -OCH3 is 2. The van der Waals surface area contributed by atoms with E-state index in [9.17, 15) is 14.9 Å². The number of imidazole rings is 1. The molecule has 41 heavy (non-hydrogen) atoms. The highest BCUT2D eigenvalue weighted by molar-refractivity contribution is 6.32. The number of anilines is 2. The number of nitriles is 1. The molecule has 0 radical (unpaired) electrons. The molecule has 2 aromatic heterocycles. The third-order valence-corrected chi connectivity index (χ3v) is 7.53. The molecule has 11 nitrogen and oxygen atoms in total. The molecule has 1 spiro atoms. The van der Waals surface area contributed by atoms with Crippen LogP contribution in [0.15, 0.2) is 42.6 Å². The van der Waals surface area contributed by atoms with Gasteiger partial charge in [0, 0.05) is 39.2 Å². The first-order valence-corrected chi connectivity index (χ1v) is 13.2. The minimum absolute atomic E-state index is 0.0444. The van der Waals surface area contributed by atoms with Gasteiger partial charge in [0.25, 0.3) is 11.8 Å². The predicted molar refractivity (Wildman–Crippen MR) is 151 cm³/mol. The van der Waals surface area contributed by atoms with Crippen LogP contribution in [0.1, 0.15) is 47.2 Å². The first kappa shape index (κ1) is 26.6. The van der Waals surface area contributed by atoms with Gasteiger partial charge in [-0.15, -0.1) is 0 Å². The highest BCUT2D eigenvalue weighted by atomic mass is 35.5. The normalized spacial score (nSPS) is 17.1. The van der Waals surface area contributed by atoms with Crippen molar-refractivity contribution in [1.82, 2.24) is 19.5 Å². The lowest BCUT2D eigenvalue weighted by Crippen LogP contribution is -2.51. The van der Waals surface area contributed by atoms with Gasteiger partial charge in [0.05, 0.1) is 37.1 Å². The van der Waals surface area contributed by atoms with Crippen LogP contribution in [0.2, 0.25) is 10.0 Å². The second kappa shape index (κ2) is 9.47. The van der Waals surface area contributed by atoms with Gasteiger partial charge in [-0.3, -0.25) is 14.5 Å².